The van der Waals surface area contributed by atoms with Crippen molar-refractivity contribution in [3.63, 3.8) is 0 Å². The lowest BCUT2D eigenvalue weighted by Gasteiger charge is -2.44. The maximum Gasteiger partial charge on any atom is 0.0611 e. The van der Waals surface area contributed by atoms with Gasteiger partial charge < -0.3 is 15.3 Å². The molecule has 1 aliphatic heterocycles. The second-order valence-corrected chi connectivity index (χ2v) is 7.23. The molecule has 0 aromatic rings. The average molecular weight is 283 g/mol. The molecule has 4 nitrogen and oxygen atoms in total. The van der Waals surface area contributed by atoms with Crippen LogP contribution in [0.1, 0.15) is 46.5 Å². The number of rotatable bonds is 7. The maximum atomic E-state index is 9.76. The van der Waals surface area contributed by atoms with Crippen LogP contribution in [0.3, 0.4) is 0 Å². The van der Waals surface area contributed by atoms with Gasteiger partial charge in [-0.1, -0.05) is 6.92 Å². The van der Waals surface area contributed by atoms with Gasteiger partial charge in [0.15, 0.2) is 0 Å². The molecule has 0 aromatic heterocycles. The summed E-state index contributed by atoms with van der Waals surface area (Å²) >= 11 is 0. The van der Waals surface area contributed by atoms with Crippen LogP contribution in [0.4, 0.5) is 0 Å². The summed E-state index contributed by atoms with van der Waals surface area (Å²) in [5.74, 6) is 0. The van der Waals surface area contributed by atoms with Crippen molar-refractivity contribution in [1.82, 2.24) is 15.1 Å². The molecule has 0 spiro atoms. The molecule has 4 heteroatoms. The van der Waals surface area contributed by atoms with Crippen molar-refractivity contribution in [2.24, 2.45) is 0 Å². The van der Waals surface area contributed by atoms with E-state index in [1.165, 1.54) is 25.8 Å². The minimum absolute atomic E-state index is 0.119. The van der Waals surface area contributed by atoms with Crippen LogP contribution in [0.25, 0.3) is 0 Å². The Morgan fingerprint density at radius 3 is 2.60 bits per heavy atom. The molecular weight excluding hydrogens is 250 g/mol. The fourth-order valence-electron chi connectivity index (χ4n) is 3.48. The molecule has 2 fully saturated rings. The molecule has 0 radical (unpaired) electrons. The number of nitrogens with one attached hydrogen (secondary N) is 1. The van der Waals surface area contributed by atoms with Crippen molar-refractivity contribution in [2.75, 3.05) is 33.3 Å². The zero-order valence-electron chi connectivity index (χ0n) is 13.7. The predicted molar refractivity (Wildman–Crippen MR) is 84.0 cm³/mol. The molecular formula is C16H33N3O. The van der Waals surface area contributed by atoms with Crippen LogP contribution in [-0.2, 0) is 0 Å². The Hall–Kier alpha value is -0.160. The van der Waals surface area contributed by atoms with Crippen molar-refractivity contribution >= 4 is 0 Å². The highest BCUT2D eigenvalue weighted by Crippen LogP contribution is 2.26. The largest absolute Gasteiger partial charge is 0.394 e. The van der Waals surface area contributed by atoms with Gasteiger partial charge in [0, 0.05) is 43.3 Å². The molecule has 2 rings (SSSR count). The Bertz CT molecular complexity index is 308. The monoisotopic (exact) mass is 283 g/mol. The SMILES string of the molecule is CCC1CN(C(C)CC(C)(CO)NC2CC2)CCN1C. The Labute approximate surface area is 124 Å². The molecule has 20 heavy (non-hydrogen) atoms. The number of hydrogen-bond donors (Lipinski definition) is 2. The van der Waals surface area contributed by atoms with Gasteiger partial charge in [0.2, 0.25) is 0 Å². The van der Waals surface area contributed by atoms with Gasteiger partial charge in [0.1, 0.15) is 0 Å². The first-order valence-electron chi connectivity index (χ1n) is 8.30. The van der Waals surface area contributed by atoms with Gasteiger partial charge in [-0.2, -0.15) is 0 Å². The first-order valence-corrected chi connectivity index (χ1v) is 8.30. The Balaban J connectivity index is 1.87. The number of nitrogens with zero attached hydrogens (tertiary/aromatic N) is 2. The number of aliphatic hydroxyl groups is 1. The third-order valence-electron chi connectivity index (χ3n) is 5.13. The van der Waals surface area contributed by atoms with E-state index in [1.807, 2.05) is 0 Å². The van der Waals surface area contributed by atoms with E-state index in [0.29, 0.717) is 18.1 Å². The average Bonchev–Trinajstić information content (AvgIpc) is 3.22. The van der Waals surface area contributed by atoms with Crippen molar-refractivity contribution in [3.05, 3.63) is 0 Å². The van der Waals surface area contributed by atoms with E-state index in [0.717, 1.165) is 19.5 Å². The highest BCUT2D eigenvalue weighted by Gasteiger charge is 2.35. The lowest BCUT2D eigenvalue weighted by atomic mass is 9.92. The lowest BCUT2D eigenvalue weighted by molar-refractivity contribution is 0.0468. The molecule has 2 N–H and O–H groups in total. The van der Waals surface area contributed by atoms with E-state index in [4.69, 9.17) is 0 Å². The molecule has 2 aliphatic rings. The Morgan fingerprint density at radius 2 is 2.05 bits per heavy atom. The van der Waals surface area contributed by atoms with Crippen LogP contribution in [0.5, 0.6) is 0 Å². The fourth-order valence-corrected chi connectivity index (χ4v) is 3.48. The summed E-state index contributed by atoms with van der Waals surface area (Å²) in [5.41, 5.74) is -0.119. The van der Waals surface area contributed by atoms with Crippen LogP contribution in [0, 0.1) is 0 Å². The summed E-state index contributed by atoms with van der Waals surface area (Å²) < 4.78 is 0. The van der Waals surface area contributed by atoms with Crippen molar-refractivity contribution in [1.29, 1.82) is 0 Å². The summed E-state index contributed by atoms with van der Waals surface area (Å²) in [4.78, 5) is 5.09. The van der Waals surface area contributed by atoms with Crippen LogP contribution >= 0.6 is 0 Å². The summed E-state index contributed by atoms with van der Waals surface area (Å²) in [6, 6.07) is 1.86. The van der Waals surface area contributed by atoms with Crippen LogP contribution in [-0.4, -0.2) is 71.9 Å². The van der Waals surface area contributed by atoms with Gasteiger partial charge >= 0.3 is 0 Å². The van der Waals surface area contributed by atoms with Gasteiger partial charge in [-0.25, -0.2) is 0 Å². The van der Waals surface area contributed by atoms with E-state index in [9.17, 15) is 5.11 Å². The van der Waals surface area contributed by atoms with Crippen molar-refractivity contribution in [2.45, 2.75) is 70.1 Å². The summed E-state index contributed by atoms with van der Waals surface area (Å²) in [6.07, 6.45) is 4.80. The second-order valence-electron chi connectivity index (χ2n) is 7.23. The number of likely N-dealkylation sites (N-methyl/N-ethyl adjacent to an activating group) is 1. The van der Waals surface area contributed by atoms with Crippen molar-refractivity contribution in [3.8, 4) is 0 Å². The molecule has 3 atom stereocenters. The standard InChI is InChI=1S/C16H33N3O/c1-5-15-11-19(9-8-18(15)4)13(2)10-16(3,12-20)17-14-6-7-14/h13-15,17,20H,5-12H2,1-4H3. The van der Waals surface area contributed by atoms with Crippen LogP contribution in [0.2, 0.25) is 0 Å². The maximum absolute atomic E-state index is 9.76. The minimum Gasteiger partial charge on any atom is -0.394 e. The van der Waals surface area contributed by atoms with E-state index >= 15 is 0 Å². The van der Waals surface area contributed by atoms with Gasteiger partial charge in [0.25, 0.3) is 0 Å². The second kappa shape index (κ2) is 6.73. The molecule has 0 aromatic carbocycles. The smallest absolute Gasteiger partial charge is 0.0611 e. The summed E-state index contributed by atoms with van der Waals surface area (Å²) in [5, 5.41) is 13.4. The first kappa shape index (κ1) is 16.2. The quantitative estimate of drug-likeness (QED) is 0.738. The zero-order chi connectivity index (χ0) is 14.8. The Morgan fingerprint density at radius 1 is 1.35 bits per heavy atom. The summed E-state index contributed by atoms with van der Waals surface area (Å²) in [6.45, 7) is 10.5. The first-order chi connectivity index (χ1) is 9.47. The van der Waals surface area contributed by atoms with Gasteiger partial charge in [-0.05, 0) is 46.6 Å². The Kier molecular flexibility index (Phi) is 5.46. The topological polar surface area (TPSA) is 38.7 Å². The highest BCUT2D eigenvalue weighted by molar-refractivity contribution is 4.95. The molecule has 3 unspecified atom stereocenters. The number of piperazine rings is 1. The lowest BCUT2D eigenvalue weighted by Crippen LogP contribution is -2.57. The molecule has 1 heterocycles. The fraction of sp³-hybridized carbons (Fsp3) is 1.00. The molecule has 118 valence electrons. The third kappa shape index (κ3) is 4.17. The number of aliphatic hydroxyl groups excluding tert-OH is 1. The van der Waals surface area contributed by atoms with E-state index in [2.05, 4.69) is 42.9 Å². The molecule has 1 aliphatic carbocycles. The highest BCUT2D eigenvalue weighted by atomic mass is 16.3. The van der Waals surface area contributed by atoms with Crippen LogP contribution < -0.4 is 5.32 Å². The minimum atomic E-state index is -0.119. The number of hydrogen-bond acceptors (Lipinski definition) is 4. The van der Waals surface area contributed by atoms with Gasteiger partial charge in [0.05, 0.1) is 6.61 Å². The van der Waals surface area contributed by atoms with Crippen LogP contribution in [0.15, 0.2) is 0 Å². The van der Waals surface area contributed by atoms with Gasteiger partial charge in [-0.15, -0.1) is 0 Å². The van der Waals surface area contributed by atoms with Crippen molar-refractivity contribution < 1.29 is 5.11 Å². The third-order valence-corrected chi connectivity index (χ3v) is 5.13. The van der Waals surface area contributed by atoms with Gasteiger partial charge in [-0.3, -0.25) is 4.90 Å². The molecule has 0 bridgehead atoms. The van der Waals surface area contributed by atoms with E-state index in [-0.39, 0.29) is 12.1 Å². The molecule has 1 saturated carbocycles. The normalized spacial score (nSPS) is 30.1. The van der Waals surface area contributed by atoms with E-state index < -0.39 is 0 Å². The molecule has 0 amide bonds. The molecule has 1 saturated heterocycles. The zero-order valence-corrected chi connectivity index (χ0v) is 13.7. The summed E-state index contributed by atoms with van der Waals surface area (Å²) in [7, 11) is 2.24. The van der Waals surface area contributed by atoms with E-state index in [1.54, 1.807) is 0 Å². The predicted octanol–water partition coefficient (Wildman–Crippen LogP) is 1.29.